The van der Waals surface area contributed by atoms with Gasteiger partial charge in [0.25, 0.3) is 0 Å². The van der Waals surface area contributed by atoms with Crippen LogP contribution in [-0.4, -0.2) is 41.1 Å². The van der Waals surface area contributed by atoms with Crippen molar-refractivity contribution in [1.82, 2.24) is 15.0 Å². The Hall–Kier alpha value is -1.47. The van der Waals surface area contributed by atoms with Crippen LogP contribution in [0.15, 0.2) is 6.33 Å². The highest BCUT2D eigenvalue weighted by molar-refractivity contribution is 5.32. The number of nitrogens with two attached hydrogens (primary N) is 2. The quantitative estimate of drug-likeness (QED) is 0.444. The molecular weight excluding hydrogens is 182 g/mol. The van der Waals surface area contributed by atoms with Gasteiger partial charge >= 0.3 is 0 Å². The molecule has 0 unspecified atom stereocenters. The van der Waals surface area contributed by atoms with Gasteiger partial charge in [-0.2, -0.15) is 4.98 Å². The zero-order chi connectivity index (χ0) is 10.2. The van der Waals surface area contributed by atoms with Crippen LogP contribution in [0.2, 0.25) is 0 Å². The number of hydrogen-bond donors (Lipinski definition) is 4. The van der Waals surface area contributed by atoms with Crippen molar-refractivity contribution in [3.63, 3.8) is 0 Å². The van der Waals surface area contributed by atoms with Crippen molar-refractivity contribution < 1.29 is 0 Å². The summed E-state index contributed by atoms with van der Waals surface area (Å²) in [4.78, 5) is 11.9. The van der Waals surface area contributed by atoms with Gasteiger partial charge in [-0.15, -0.1) is 0 Å². The van der Waals surface area contributed by atoms with E-state index in [1.165, 1.54) is 6.33 Å². The van der Waals surface area contributed by atoms with E-state index in [4.69, 9.17) is 11.5 Å². The summed E-state index contributed by atoms with van der Waals surface area (Å²) in [6.45, 7) is 2.36. The summed E-state index contributed by atoms with van der Waals surface area (Å²) in [6, 6.07) is 0. The number of nitrogens with one attached hydrogen (secondary N) is 2. The number of aromatic nitrogens is 3. The molecule has 0 aliphatic heterocycles. The minimum atomic E-state index is 0.518. The summed E-state index contributed by atoms with van der Waals surface area (Å²) >= 11 is 0. The molecule has 0 saturated heterocycles. The van der Waals surface area contributed by atoms with E-state index < -0.39 is 0 Å². The van der Waals surface area contributed by atoms with Crippen LogP contribution >= 0.6 is 0 Å². The maximum Gasteiger partial charge on any atom is 0.227 e. The predicted molar refractivity (Wildman–Crippen MR) is 54.9 cm³/mol. The Balaban J connectivity index is 2.50. The summed E-state index contributed by atoms with van der Waals surface area (Å²) in [5.41, 5.74) is 10.7. The molecule has 1 aromatic rings. The smallest absolute Gasteiger partial charge is 0.227 e. The second-order valence-electron chi connectivity index (χ2n) is 2.56. The number of rotatable bonds is 6. The molecule has 7 heteroatoms. The first-order valence-corrected chi connectivity index (χ1v) is 4.43. The van der Waals surface area contributed by atoms with E-state index in [1.807, 2.05) is 0 Å². The Morgan fingerprint density at radius 3 is 1.93 bits per heavy atom. The average Bonchev–Trinajstić information content (AvgIpc) is 2.24. The summed E-state index contributed by atoms with van der Waals surface area (Å²) in [6.07, 6.45) is 1.44. The van der Waals surface area contributed by atoms with Crippen LogP contribution in [0.5, 0.6) is 0 Å². The summed E-state index contributed by atoms with van der Waals surface area (Å²) in [5, 5.41) is 5.91. The number of hydrogen-bond acceptors (Lipinski definition) is 7. The molecule has 1 aromatic heterocycles. The number of anilines is 2. The lowest BCUT2D eigenvalue weighted by molar-refractivity contribution is 0.944. The maximum absolute atomic E-state index is 5.33. The first kappa shape index (κ1) is 10.6. The third-order valence-electron chi connectivity index (χ3n) is 1.43. The fourth-order valence-corrected chi connectivity index (χ4v) is 0.835. The van der Waals surface area contributed by atoms with Crippen molar-refractivity contribution in [2.45, 2.75) is 0 Å². The van der Waals surface area contributed by atoms with Crippen LogP contribution in [-0.2, 0) is 0 Å². The van der Waals surface area contributed by atoms with Gasteiger partial charge in [-0.05, 0) is 0 Å². The van der Waals surface area contributed by atoms with Gasteiger partial charge in [-0.1, -0.05) is 0 Å². The van der Waals surface area contributed by atoms with E-state index >= 15 is 0 Å². The number of nitrogens with zero attached hydrogens (tertiary/aromatic N) is 3. The van der Waals surface area contributed by atoms with Gasteiger partial charge in [0, 0.05) is 26.2 Å². The zero-order valence-corrected chi connectivity index (χ0v) is 7.90. The van der Waals surface area contributed by atoms with Crippen molar-refractivity contribution in [2.24, 2.45) is 11.5 Å². The second kappa shape index (κ2) is 6.06. The lowest BCUT2D eigenvalue weighted by atomic mass is 10.6. The third kappa shape index (κ3) is 3.50. The molecule has 14 heavy (non-hydrogen) atoms. The Labute approximate surface area is 82.3 Å². The molecule has 0 spiro atoms. The highest BCUT2D eigenvalue weighted by Crippen LogP contribution is 1.99. The Morgan fingerprint density at radius 1 is 1.00 bits per heavy atom. The van der Waals surface area contributed by atoms with Gasteiger partial charge in [-0.3, -0.25) is 0 Å². The fraction of sp³-hybridized carbons (Fsp3) is 0.571. The zero-order valence-electron chi connectivity index (χ0n) is 7.90. The molecule has 1 rings (SSSR count). The Kier molecular flexibility index (Phi) is 4.59. The highest BCUT2D eigenvalue weighted by Gasteiger charge is 1.97. The molecule has 0 aliphatic carbocycles. The normalized spacial score (nSPS) is 9.86. The molecule has 0 aliphatic rings. The fourth-order valence-electron chi connectivity index (χ4n) is 0.835. The molecule has 1 heterocycles. The van der Waals surface area contributed by atoms with Crippen LogP contribution in [0.1, 0.15) is 0 Å². The molecule has 7 nitrogen and oxygen atoms in total. The van der Waals surface area contributed by atoms with E-state index in [9.17, 15) is 0 Å². The van der Waals surface area contributed by atoms with Gasteiger partial charge in [0.2, 0.25) is 11.9 Å². The first-order valence-electron chi connectivity index (χ1n) is 4.43. The van der Waals surface area contributed by atoms with Crippen LogP contribution < -0.4 is 22.1 Å². The molecule has 0 fully saturated rings. The second-order valence-corrected chi connectivity index (χ2v) is 2.56. The summed E-state index contributed by atoms with van der Waals surface area (Å²) < 4.78 is 0. The minimum absolute atomic E-state index is 0.518. The van der Waals surface area contributed by atoms with Gasteiger partial charge in [0.15, 0.2) is 0 Å². The molecular formula is C7H15N7. The molecule has 0 saturated carbocycles. The minimum Gasteiger partial charge on any atom is -0.353 e. The topological polar surface area (TPSA) is 115 Å². The van der Waals surface area contributed by atoms with Crippen molar-refractivity contribution in [2.75, 3.05) is 36.8 Å². The van der Waals surface area contributed by atoms with Crippen molar-refractivity contribution in [3.8, 4) is 0 Å². The molecule has 78 valence electrons. The standard InChI is InChI=1S/C7H15N7/c8-1-3-10-6-12-5-13-7(14-6)11-4-2-9/h5H,1-4,8-9H2,(H2,10,11,12,13,14). The average molecular weight is 197 g/mol. The maximum atomic E-state index is 5.33. The lowest BCUT2D eigenvalue weighted by Crippen LogP contribution is -2.17. The predicted octanol–water partition coefficient (Wildman–Crippen LogP) is -1.39. The molecule has 6 N–H and O–H groups in total. The molecule has 0 radical (unpaired) electrons. The Bertz CT molecular complexity index is 241. The van der Waals surface area contributed by atoms with Gasteiger partial charge < -0.3 is 22.1 Å². The van der Waals surface area contributed by atoms with E-state index in [-0.39, 0.29) is 0 Å². The molecule has 0 amide bonds. The highest BCUT2D eigenvalue weighted by atomic mass is 15.2. The van der Waals surface area contributed by atoms with E-state index in [2.05, 4.69) is 25.6 Å². The lowest BCUT2D eigenvalue weighted by Gasteiger charge is -2.05. The largest absolute Gasteiger partial charge is 0.353 e. The Morgan fingerprint density at radius 2 is 1.50 bits per heavy atom. The van der Waals surface area contributed by atoms with Gasteiger partial charge in [-0.25, -0.2) is 9.97 Å². The molecule has 0 atom stereocenters. The van der Waals surface area contributed by atoms with E-state index in [0.29, 0.717) is 38.1 Å². The van der Waals surface area contributed by atoms with Gasteiger partial charge in [0.05, 0.1) is 0 Å². The summed E-state index contributed by atoms with van der Waals surface area (Å²) in [5.74, 6) is 1.04. The van der Waals surface area contributed by atoms with E-state index in [1.54, 1.807) is 0 Å². The van der Waals surface area contributed by atoms with Gasteiger partial charge in [0.1, 0.15) is 6.33 Å². The molecule has 0 bridgehead atoms. The van der Waals surface area contributed by atoms with E-state index in [0.717, 1.165) is 0 Å². The first-order chi connectivity index (χ1) is 6.86. The SMILES string of the molecule is NCCNc1ncnc(NCCN)n1. The monoisotopic (exact) mass is 197 g/mol. The van der Waals surface area contributed by atoms with Crippen molar-refractivity contribution in [3.05, 3.63) is 6.33 Å². The third-order valence-corrected chi connectivity index (χ3v) is 1.43. The van der Waals surface area contributed by atoms with Crippen LogP contribution in [0.25, 0.3) is 0 Å². The van der Waals surface area contributed by atoms with Crippen LogP contribution in [0, 0.1) is 0 Å². The summed E-state index contributed by atoms with van der Waals surface area (Å²) in [7, 11) is 0. The van der Waals surface area contributed by atoms with Crippen LogP contribution in [0.4, 0.5) is 11.9 Å². The van der Waals surface area contributed by atoms with Crippen LogP contribution in [0.3, 0.4) is 0 Å². The van der Waals surface area contributed by atoms with Crippen molar-refractivity contribution in [1.29, 1.82) is 0 Å². The molecule has 0 aromatic carbocycles. The van der Waals surface area contributed by atoms with Crippen molar-refractivity contribution >= 4 is 11.9 Å².